The maximum atomic E-state index is 12.3. The summed E-state index contributed by atoms with van der Waals surface area (Å²) in [5.41, 5.74) is 6.78. The number of fused-ring (bicyclic) bond motifs is 1. The molecule has 134 valence electrons. The van der Waals surface area contributed by atoms with Gasteiger partial charge in [-0.3, -0.25) is 14.5 Å². The molecule has 0 spiro atoms. The van der Waals surface area contributed by atoms with E-state index < -0.39 is 0 Å². The van der Waals surface area contributed by atoms with Crippen LogP contribution < -0.4 is 0 Å². The van der Waals surface area contributed by atoms with E-state index in [1.54, 1.807) is 0 Å². The van der Waals surface area contributed by atoms with Crippen LogP contribution in [0.2, 0.25) is 0 Å². The molecule has 0 aromatic heterocycles. The Morgan fingerprint density at radius 1 is 0.880 bits per heavy atom. The summed E-state index contributed by atoms with van der Waals surface area (Å²) in [5.74, 6) is 0.916. The summed E-state index contributed by atoms with van der Waals surface area (Å²) in [4.78, 5) is 26.0. The first kappa shape index (κ1) is 17.9. The zero-order valence-electron chi connectivity index (χ0n) is 16.2. The van der Waals surface area contributed by atoms with Crippen molar-refractivity contribution in [2.24, 2.45) is 0 Å². The van der Waals surface area contributed by atoms with Gasteiger partial charge in [0.25, 0.3) is 11.8 Å². The van der Waals surface area contributed by atoms with Crippen molar-refractivity contribution in [2.75, 3.05) is 0 Å². The molecule has 0 N–H and O–H groups in total. The van der Waals surface area contributed by atoms with E-state index >= 15 is 0 Å². The Hall–Kier alpha value is -1.90. The van der Waals surface area contributed by atoms with Crippen LogP contribution in [0.15, 0.2) is 18.2 Å². The van der Waals surface area contributed by atoms with Gasteiger partial charge in [0, 0.05) is 12.2 Å². The second-order valence-corrected chi connectivity index (χ2v) is 8.26. The summed E-state index contributed by atoms with van der Waals surface area (Å²) in [6.45, 7) is 13.5. The van der Waals surface area contributed by atoms with Crippen molar-refractivity contribution in [1.82, 2.24) is 4.90 Å². The number of benzene rings is 1. The minimum atomic E-state index is -0.170. The van der Waals surface area contributed by atoms with E-state index in [0.717, 1.165) is 12.8 Å². The topological polar surface area (TPSA) is 37.4 Å². The molecule has 1 heterocycles. The van der Waals surface area contributed by atoms with Gasteiger partial charge in [0.2, 0.25) is 0 Å². The lowest BCUT2D eigenvalue weighted by Crippen LogP contribution is -2.34. The van der Waals surface area contributed by atoms with Crippen LogP contribution >= 0.6 is 0 Å². The summed E-state index contributed by atoms with van der Waals surface area (Å²) in [6.07, 6.45) is 4.59. The molecule has 1 atom stereocenters. The normalized spacial score (nSPS) is 19.9. The Morgan fingerprint density at radius 3 is 1.92 bits per heavy atom. The Bertz CT molecular complexity index is 738. The molecule has 1 aliphatic carbocycles. The van der Waals surface area contributed by atoms with Crippen molar-refractivity contribution < 1.29 is 9.59 Å². The summed E-state index contributed by atoms with van der Waals surface area (Å²) < 4.78 is 0. The summed E-state index contributed by atoms with van der Waals surface area (Å²) in [6, 6.07) is 2.24. The molecule has 0 saturated heterocycles. The number of rotatable bonds is 4. The van der Waals surface area contributed by atoms with Crippen molar-refractivity contribution in [3.63, 3.8) is 0 Å². The minimum absolute atomic E-state index is 0.110. The Balaban J connectivity index is 2.24. The molecule has 0 radical (unpaired) electrons. The highest BCUT2D eigenvalue weighted by molar-refractivity contribution is 6.13. The monoisotopic (exact) mass is 339 g/mol. The fourth-order valence-electron chi connectivity index (χ4n) is 4.57. The Morgan fingerprint density at radius 2 is 1.44 bits per heavy atom. The first-order valence-corrected chi connectivity index (χ1v) is 9.48. The third kappa shape index (κ3) is 2.84. The average molecular weight is 339 g/mol. The van der Waals surface area contributed by atoms with Gasteiger partial charge in [-0.1, -0.05) is 47.6 Å². The molecule has 0 saturated carbocycles. The van der Waals surface area contributed by atoms with Crippen molar-refractivity contribution in [3.05, 3.63) is 46.0 Å². The molecule has 0 unspecified atom stereocenters. The zero-order chi connectivity index (χ0) is 18.5. The highest BCUT2D eigenvalue weighted by Gasteiger charge is 2.39. The fraction of sp³-hybridized carbons (Fsp3) is 0.545. The van der Waals surface area contributed by atoms with Crippen LogP contribution in [-0.4, -0.2) is 16.7 Å². The summed E-state index contributed by atoms with van der Waals surface area (Å²) in [5, 5.41) is 0. The number of aryl methyl sites for hydroxylation is 1. The molecule has 3 rings (SSSR count). The summed E-state index contributed by atoms with van der Waals surface area (Å²) >= 11 is 0. The quantitative estimate of drug-likeness (QED) is 0.726. The predicted octanol–water partition coefficient (Wildman–Crippen LogP) is 4.97. The molecule has 1 aromatic rings. The first-order valence-electron chi connectivity index (χ1n) is 9.48. The van der Waals surface area contributed by atoms with Gasteiger partial charge >= 0.3 is 0 Å². The molecule has 3 heteroatoms. The van der Waals surface area contributed by atoms with Gasteiger partial charge in [0.05, 0.1) is 6.04 Å². The average Bonchev–Trinajstić information content (AvgIpc) is 3.08. The van der Waals surface area contributed by atoms with Crippen LogP contribution in [-0.2, 0) is 16.0 Å². The lowest BCUT2D eigenvalue weighted by atomic mass is 9.78. The SMILES string of the molecule is CC(C)c1cc2c(c(C(C)C)c1C(C)C)[C@@H](N1C(=O)C=CC1=O)CC2. The van der Waals surface area contributed by atoms with Crippen LogP contribution in [0, 0.1) is 0 Å². The molecule has 1 aliphatic heterocycles. The van der Waals surface area contributed by atoms with Gasteiger partial charge in [-0.05, 0) is 58.4 Å². The predicted molar refractivity (Wildman–Crippen MR) is 101 cm³/mol. The van der Waals surface area contributed by atoms with Crippen LogP contribution in [0.1, 0.15) is 99.6 Å². The molecule has 25 heavy (non-hydrogen) atoms. The van der Waals surface area contributed by atoms with E-state index in [2.05, 4.69) is 47.6 Å². The zero-order valence-corrected chi connectivity index (χ0v) is 16.2. The molecule has 1 aromatic carbocycles. The van der Waals surface area contributed by atoms with Gasteiger partial charge in [-0.15, -0.1) is 0 Å². The van der Waals surface area contributed by atoms with Crippen molar-refractivity contribution >= 4 is 11.8 Å². The lowest BCUT2D eigenvalue weighted by Gasteiger charge is -2.30. The molecule has 2 aliphatic rings. The van der Waals surface area contributed by atoms with Crippen LogP contribution in [0.5, 0.6) is 0 Å². The molecule has 3 nitrogen and oxygen atoms in total. The van der Waals surface area contributed by atoms with Gasteiger partial charge < -0.3 is 0 Å². The van der Waals surface area contributed by atoms with Gasteiger partial charge in [-0.25, -0.2) is 0 Å². The first-order chi connectivity index (χ1) is 11.7. The van der Waals surface area contributed by atoms with Gasteiger partial charge in [0.15, 0.2) is 0 Å². The van der Waals surface area contributed by atoms with Crippen molar-refractivity contribution in [1.29, 1.82) is 0 Å². The number of carbonyl (C=O) groups is 2. The number of nitrogens with zero attached hydrogens (tertiary/aromatic N) is 1. The Labute approximate surface area is 151 Å². The highest BCUT2D eigenvalue weighted by atomic mass is 16.2. The van der Waals surface area contributed by atoms with Crippen LogP contribution in [0.3, 0.4) is 0 Å². The van der Waals surface area contributed by atoms with E-state index in [4.69, 9.17) is 0 Å². The van der Waals surface area contributed by atoms with E-state index in [9.17, 15) is 9.59 Å². The van der Waals surface area contributed by atoms with E-state index in [1.165, 1.54) is 44.9 Å². The molecular formula is C22H29NO2. The van der Waals surface area contributed by atoms with Crippen LogP contribution in [0.25, 0.3) is 0 Å². The number of hydrogen-bond acceptors (Lipinski definition) is 2. The van der Waals surface area contributed by atoms with Gasteiger partial charge in [0.1, 0.15) is 0 Å². The highest BCUT2D eigenvalue weighted by Crippen LogP contribution is 2.46. The van der Waals surface area contributed by atoms with E-state index in [0.29, 0.717) is 17.8 Å². The van der Waals surface area contributed by atoms with Crippen molar-refractivity contribution in [2.45, 2.75) is 78.2 Å². The number of hydrogen-bond donors (Lipinski definition) is 0. The summed E-state index contributed by atoms with van der Waals surface area (Å²) in [7, 11) is 0. The maximum absolute atomic E-state index is 12.3. The minimum Gasteiger partial charge on any atom is -0.269 e. The second-order valence-electron chi connectivity index (χ2n) is 8.26. The van der Waals surface area contributed by atoms with Crippen LogP contribution in [0.4, 0.5) is 0 Å². The smallest absolute Gasteiger partial charge is 0.254 e. The fourth-order valence-corrected chi connectivity index (χ4v) is 4.57. The third-order valence-corrected chi connectivity index (χ3v) is 5.52. The molecule has 0 bridgehead atoms. The molecular weight excluding hydrogens is 310 g/mol. The largest absolute Gasteiger partial charge is 0.269 e. The lowest BCUT2D eigenvalue weighted by molar-refractivity contribution is -0.139. The number of amides is 2. The van der Waals surface area contributed by atoms with Gasteiger partial charge in [-0.2, -0.15) is 0 Å². The van der Waals surface area contributed by atoms with E-state index in [-0.39, 0.29) is 17.9 Å². The second kappa shape index (κ2) is 6.44. The molecule has 2 amide bonds. The molecule has 0 fully saturated rings. The van der Waals surface area contributed by atoms with E-state index in [1.807, 2.05) is 0 Å². The Kier molecular flexibility index (Phi) is 4.61. The number of imide groups is 1. The number of carbonyl (C=O) groups excluding carboxylic acids is 2. The van der Waals surface area contributed by atoms with Crippen molar-refractivity contribution in [3.8, 4) is 0 Å². The standard InChI is InChI=1S/C22H29NO2/c1-12(2)16-11-15-7-8-17(23-18(24)9-10-19(23)25)22(15)21(14(5)6)20(16)13(3)4/h9-14,17H,7-8H2,1-6H3/t17-/m0/s1. The third-order valence-electron chi connectivity index (χ3n) is 5.52. The maximum Gasteiger partial charge on any atom is 0.254 e.